The van der Waals surface area contributed by atoms with Gasteiger partial charge in [0.25, 0.3) is 0 Å². The van der Waals surface area contributed by atoms with Crippen LogP contribution < -0.4 is 4.90 Å². The highest BCUT2D eigenvalue weighted by Crippen LogP contribution is 2.42. The Morgan fingerprint density at radius 2 is 1.50 bits per heavy atom. The van der Waals surface area contributed by atoms with Crippen LogP contribution in [0.15, 0.2) is 60.7 Å². The second kappa shape index (κ2) is 6.94. The second-order valence-corrected chi connectivity index (χ2v) is 7.18. The summed E-state index contributed by atoms with van der Waals surface area (Å²) in [6, 6.07) is 19.3. The highest BCUT2D eigenvalue weighted by molar-refractivity contribution is 6.09. The molecule has 1 unspecified atom stereocenters. The Morgan fingerprint density at radius 1 is 0.885 bits per heavy atom. The fraction of sp³-hybridized carbons (Fsp3) is 0.364. The molecule has 0 aromatic heterocycles. The first-order valence-electron chi connectivity index (χ1n) is 9.35. The van der Waals surface area contributed by atoms with E-state index in [1.807, 2.05) is 60.7 Å². The van der Waals surface area contributed by atoms with Gasteiger partial charge in [0.2, 0.25) is 5.91 Å². The van der Waals surface area contributed by atoms with E-state index in [9.17, 15) is 9.59 Å². The van der Waals surface area contributed by atoms with Gasteiger partial charge >= 0.3 is 5.97 Å². The van der Waals surface area contributed by atoms with Gasteiger partial charge in [0.1, 0.15) is 5.92 Å². The molecule has 4 nitrogen and oxygen atoms in total. The molecule has 134 valence electrons. The highest BCUT2D eigenvalue weighted by Gasteiger charge is 2.53. The van der Waals surface area contributed by atoms with Crippen molar-refractivity contribution in [1.29, 1.82) is 0 Å². The minimum atomic E-state index is -0.818. The number of carbonyl (C=O) groups is 2. The average Bonchev–Trinajstić information content (AvgIpc) is 2.67. The number of rotatable bonds is 3. The third kappa shape index (κ3) is 3.00. The number of anilines is 1. The molecule has 0 N–H and O–H groups in total. The van der Waals surface area contributed by atoms with Gasteiger partial charge in [-0.15, -0.1) is 0 Å². The lowest BCUT2D eigenvalue weighted by atomic mass is 9.85. The first-order chi connectivity index (χ1) is 12.7. The summed E-state index contributed by atoms with van der Waals surface area (Å²) < 4.78 is 6.00. The van der Waals surface area contributed by atoms with E-state index in [0.717, 1.165) is 30.5 Å². The van der Waals surface area contributed by atoms with Crippen LogP contribution in [0, 0.1) is 5.92 Å². The number of ether oxygens (including phenoxy) is 1. The molecule has 26 heavy (non-hydrogen) atoms. The van der Waals surface area contributed by atoms with E-state index in [2.05, 4.69) is 0 Å². The van der Waals surface area contributed by atoms with Crippen LogP contribution in [0.4, 0.5) is 5.69 Å². The zero-order chi connectivity index (χ0) is 18.0. The molecule has 1 aliphatic heterocycles. The molecule has 1 aliphatic carbocycles. The van der Waals surface area contributed by atoms with E-state index < -0.39 is 11.6 Å². The van der Waals surface area contributed by atoms with Crippen molar-refractivity contribution >= 4 is 17.6 Å². The zero-order valence-corrected chi connectivity index (χ0v) is 14.8. The number of hydrogen-bond donors (Lipinski definition) is 0. The number of benzene rings is 2. The predicted octanol–water partition coefficient (Wildman–Crippen LogP) is 4.10. The third-order valence-electron chi connectivity index (χ3n) is 5.43. The Hall–Kier alpha value is -2.62. The lowest BCUT2D eigenvalue weighted by Crippen LogP contribution is -2.63. The standard InChI is InChI=1S/C22H23NO3/c24-20-19(16-17-10-4-1-5-11-17)21(25)26-22(14-8-3-9-15-22)23(20)18-12-6-2-7-13-18/h1-2,4-7,10-13,19H,3,8-9,14-16H2. The smallest absolute Gasteiger partial charge is 0.320 e. The highest BCUT2D eigenvalue weighted by atomic mass is 16.6. The Labute approximate surface area is 153 Å². The van der Waals surface area contributed by atoms with Gasteiger partial charge in [-0.1, -0.05) is 55.0 Å². The second-order valence-electron chi connectivity index (χ2n) is 7.18. The summed E-state index contributed by atoms with van der Waals surface area (Å²) in [6.07, 6.45) is 4.83. The van der Waals surface area contributed by atoms with Crippen molar-refractivity contribution in [2.24, 2.45) is 5.92 Å². The lowest BCUT2D eigenvalue weighted by Gasteiger charge is -2.49. The van der Waals surface area contributed by atoms with Gasteiger partial charge in [0.15, 0.2) is 5.72 Å². The van der Waals surface area contributed by atoms with Gasteiger partial charge in [-0.05, 0) is 37.0 Å². The van der Waals surface area contributed by atoms with E-state index in [1.165, 1.54) is 0 Å². The van der Waals surface area contributed by atoms with Crippen molar-refractivity contribution in [3.8, 4) is 0 Å². The van der Waals surface area contributed by atoms with Gasteiger partial charge in [0.05, 0.1) is 0 Å². The van der Waals surface area contributed by atoms with E-state index >= 15 is 0 Å². The summed E-state index contributed by atoms with van der Waals surface area (Å²) in [6.45, 7) is 0. The van der Waals surface area contributed by atoms with Gasteiger partial charge in [0, 0.05) is 18.5 Å². The number of amides is 1. The van der Waals surface area contributed by atoms with Crippen molar-refractivity contribution in [2.75, 3.05) is 4.90 Å². The van der Waals surface area contributed by atoms with Crippen molar-refractivity contribution in [2.45, 2.75) is 44.2 Å². The molecule has 1 heterocycles. The maximum Gasteiger partial charge on any atom is 0.320 e. The van der Waals surface area contributed by atoms with Crippen LogP contribution >= 0.6 is 0 Å². The number of nitrogens with zero attached hydrogens (tertiary/aromatic N) is 1. The van der Waals surface area contributed by atoms with E-state index in [0.29, 0.717) is 19.3 Å². The lowest BCUT2D eigenvalue weighted by molar-refractivity contribution is -0.180. The van der Waals surface area contributed by atoms with Crippen LogP contribution in [0.3, 0.4) is 0 Å². The topological polar surface area (TPSA) is 46.6 Å². The number of hydrogen-bond acceptors (Lipinski definition) is 3. The minimum Gasteiger partial charge on any atom is -0.438 e. The molecule has 0 bridgehead atoms. The van der Waals surface area contributed by atoms with E-state index in [4.69, 9.17) is 4.74 Å². The molecule has 2 aromatic carbocycles. The summed E-state index contributed by atoms with van der Waals surface area (Å²) in [5, 5.41) is 0. The third-order valence-corrected chi connectivity index (χ3v) is 5.43. The SMILES string of the molecule is O=C1OC2(CCCCC2)N(c2ccccc2)C(=O)C1Cc1ccccc1. The molecule has 0 radical (unpaired) electrons. The number of carbonyl (C=O) groups excluding carboxylic acids is 2. The first kappa shape index (κ1) is 16.8. The first-order valence-corrected chi connectivity index (χ1v) is 9.35. The van der Waals surface area contributed by atoms with Gasteiger partial charge in [-0.3, -0.25) is 14.5 Å². The Bertz CT molecular complexity index is 782. The molecule has 4 heteroatoms. The van der Waals surface area contributed by atoms with Crippen LogP contribution in [0.25, 0.3) is 0 Å². The fourth-order valence-electron chi connectivity index (χ4n) is 4.15. The molecule has 1 atom stereocenters. The van der Waals surface area contributed by atoms with Crippen molar-refractivity contribution in [3.05, 3.63) is 66.2 Å². The average molecular weight is 349 g/mol. The van der Waals surface area contributed by atoms with Crippen LogP contribution in [0.1, 0.15) is 37.7 Å². The largest absolute Gasteiger partial charge is 0.438 e. The van der Waals surface area contributed by atoms with Crippen molar-refractivity contribution < 1.29 is 14.3 Å². The van der Waals surface area contributed by atoms with E-state index in [-0.39, 0.29) is 11.9 Å². The molecule has 1 saturated carbocycles. The van der Waals surface area contributed by atoms with Crippen LogP contribution in [-0.4, -0.2) is 17.6 Å². The molecular formula is C22H23NO3. The molecule has 2 aromatic rings. The summed E-state index contributed by atoms with van der Waals surface area (Å²) >= 11 is 0. The molecule has 4 rings (SSSR count). The van der Waals surface area contributed by atoms with Crippen LogP contribution in [-0.2, 0) is 20.7 Å². The zero-order valence-electron chi connectivity index (χ0n) is 14.8. The Balaban J connectivity index is 1.70. The minimum absolute atomic E-state index is 0.141. The fourth-order valence-corrected chi connectivity index (χ4v) is 4.15. The predicted molar refractivity (Wildman–Crippen MR) is 99.5 cm³/mol. The van der Waals surface area contributed by atoms with Crippen molar-refractivity contribution in [3.63, 3.8) is 0 Å². The van der Waals surface area contributed by atoms with Crippen LogP contribution in [0.2, 0.25) is 0 Å². The monoisotopic (exact) mass is 349 g/mol. The van der Waals surface area contributed by atoms with Gasteiger partial charge < -0.3 is 4.74 Å². The molecular weight excluding hydrogens is 326 g/mol. The summed E-state index contributed by atoms with van der Waals surface area (Å²) in [7, 11) is 0. The molecule has 2 fully saturated rings. The van der Waals surface area contributed by atoms with Crippen LogP contribution in [0.5, 0.6) is 0 Å². The molecule has 1 saturated heterocycles. The number of esters is 1. The van der Waals surface area contributed by atoms with E-state index in [1.54, 1.807) is 4.90 Å². The van der Waals surface area contributed by atoms with Gasteiger partial charge in [-0.2, -0.15) is 0 Å². The summed E-state index contributed by atoms with van der Waals surface area (Å²) in [5.74, 6) is -1.31. The number of para-hydroxylation sites is 1. The summed E-state index contributed by atoms with van der Waals surface area (Å²) in [5.41, 5.74) is 0.960. The maximum atomic E-state index is 13.4. The van der Waals surface area contributed by atoms with Crippen molar-refractivity contribution in [1.82, 2.24) is 0 Å². The molecule has 2 aliphatic rings. The molecule has 1 amide bonds. The normalized spacial score (nSPS) is 22.3. The van der Waals surface area contributed by atoms with Gasteiger partial charge in [-0.25, -0.2) is 0 Å². The Morgan fingerprint density at radius 3 is 2.15 bits per heavy atom. The summed E-state index contributed by atoms with van der Waals surface area (Å²) in [4.78, 5) is 28.0. The maximum absolute atomic E-state index is 13.4. The Kier molecular flexibility index (Phi) is 4.49. The molecule has 1 spiro atoms. The quantitative estimate of drug-likeness (QED) is 0.619.